The summed E-state index contributed by atoms with van der Waals surface area (Å²) in [5.74, 6) is 0. The fourth-order valence-corrected chi connectivity index (χ4v) is 5.53. The van der Waals surface area contributed by atoms with Crippen LogP contribution in [0.25, 0.3) is 0 Å². The van der Waals surface area contributed by atoms with Crippen molar-refractivity contribution in [3.63, 3.8) is 0 Å². The third-order valence-corrected chi connectivity index (χ3v) is 5.66. The Kier molecular flexibility index (Phi) is 16.7. The molecule has 0 aliphatic heterocycles. The molecule has 0 rings (SSSR count). The largest absolute Gasteiger partial charge is 0.540 e. The fourth-order valence-electron chi connectivity index (χ4n) is 5.53. The number of ether oxygens (including phenoxy) is 3. The highest BCUT2D eigenvalue weighted by atomic mass is 17.2. The number of carbonyl (C=O) groups is 3. The number of hydrogen-bond donors (Lipinski definition) is 0. The zero-order valence-electron chi connectivity index (χ0n) is 30.6. The molecule has 0 radical (unpaired) electrons. The van der Waals surface area contributed by atoms with Crippen molar-refractivity contribution in [3.05, 3.63) is 0 Å². The van der Waals surface area contributed by atoms with E-state index in [1.807, 2.05) is 55.4 Å². The van der Waals surface area contributed by atoms with Crippen LogP contribution in [0.5, 0.6) is 0 Å². The van der Waals surface area contributed by atoms with E-state index in [9.17, 15) is 14.4 Å². The van der Waals surface area contributed by atoms with E-state index in [0.717, 1.165) is 0 Å². The molecule has 0 amide bonds. The Hall–Kier alpha value is -2.31. The zero-order chi connectivity index (χ0) is 35.3. The van der Waals surface area contributed by atoms with Gasteiger partial charge in [-0.05, 0) is 96.3 Å². The summed E-state index contributed by atoms with van der Waals surface area (Å²) in [4.78, 5) is 67.2. The SMILES string of the molecule is CC(C)(C)CC(C)(C)OOC(=O)OCCCCC(COC(=O)OOC(C)(C)CC(C)(C)C)OC(=O)OOC(C)(C)CC(C)(C)C. The molecular weight excluding hydrogens is 588 g/mol. The molecule has 0 aliphatic carbocycles. The van der Waals surface area contributed by atoms with Gasteiger partial charge >= 0.3 is 18.5 Å². The Morgan fingerprint density at radius 3 is 1.22 bits per heavy atom. The van der Waals surface area contributed by atoms with Crippen LogP contribution in [-0.2, 0) is 43.5 Å². The molecule has 45 heavy (non-hydrogen) atoms. The van der Waals surface area contributed by atoms with E-state index in [4.69, 9.17) is 43.5 Å². The van der Waals surface area contributed by atoms with Crippen molar-refractivity contribution in [2.24, 2.45) is 16.2 Å². The van der Waals surface area contributed by atoms with Gasteiger partial charge in [0.25, 0.3) is 0 Å². The maximum absolute atomic E-state index is 12.5. The lowest BCUT2D eigenvalue weighted by atomic mass is 9.84. The summed E-state index contributed by atoms with van der Waals surface area (Å²) in [7, 11) is 0. The molecule has 0 spiro atoms. The first-order chi connectivity index (χ1) is 20.1. The summed E-state index contributed by atoms with van der Waals surface area (Å²) in [6.07, 6.45) is -1.06. The molecule has 0 aromatic carbocycles. The molecule has 0 N–H and O–H groups in total. The molecule has 266 valence electrons. The van der Waals surface area contributed by atoms with Gasteiger partial charge in [0.1, 0.15) is 29.5 Å². The molecule has 0 aliphatic rings. The summed E-state index contributed by atoms with van der Waals surface area (Å²) in [6, 6.07) is 0. The summed E-state index contributed by atoms with van der Waals surface area (Å²) < 4.78 is 15.6. The Bertz CT molecular complexity index is 904. The molecule has 0 heterocycles. The lowest BCUT2D eigenvalue weighted by Crippen LogP contribution is -2.33. The molecule has 0 aromatic heterocycles. The molecular formula is C33H62O12. The van der Waals surface area contributed by atoms with Crippen molar-refractivity contribution in [1.29, 1.82) is 0 Å². The van der Waals surface area contributed by atoms with Gasteiger partial charge in [0.2, 0.25) is 0 Å². The highest BCUT2D eigenvalue weighted by molar-refractivity contribution is 5.60. The highest BCUT2D eigenvalue weighted by Crippen LogP contribution is 2.31. The molecule has 1 unspecified atom stereocenters. The Morgan fingerprint density at radius 1 is 0.489 bits per heavy atom. The first-order valence-corrected chi connectivity index (χ1v) is 15.7. The summed E-state index contributed by atoms with van der Waals surface area (Å²) in [5, 5.41) is 0. The minimum absolute atomic E-state index is 0.0210. The van der Waals surface area contributed by atoms with Gasteiger partial charge in [0, 0.05) is 0 Å². The summed E-state index contributed by atoms with van der Waals surface area (Å²) in [6.45, 7) is 29.0. The van der Waals surface area contributed by atoms with Crippen molar-refractivity contribution in [1.82, 2.24) is 0 Å². The van der Waals surface area contributed by atoms with Gasteiger partial charge < -0.3 is 14.2 Å². The maximum Gasteiger partial charge on any atom is 0.540 e. The average molecular weight is 651 g/mol. The summed E-state index contributed by atoms with van der Waals surface area (Å²) in [5.41, 5.74) is -2.34. The van der Waals surface area contributed by atoms with Crippen LogP contribution in [0.3, 0.4) is 0 Å². The monoisotopic (exact) mass is 650 g/mol. The fraction of sp³-hybridized carbons (Fsp3) is 0.909. The van der Waals surface area contributed by atoms with Crippen LogP contribution in [0.15, 0.2) is 0 Å². The minimum atomic E-state index is -1.09. The van der Waals surface area contributed by atoms with E-state index >= 15 is 0 Å². The number of hydrogen-bond acceptors (Lipinski definition) is 12. The van der Waals surface area contributed by atoms with Gasteiger partial charge in [-0.15, -0.1) is 0 Å². The smallest absolute Gasteiger partial charge is 0.432 e. The van der Waals surface area contributed by atoms with Crippen LogP contribution < -0.4 is 0 Å². The lowest BCUT2D eigenvalue weighted by molar-refractivity contribution is -0.327. The van der Waals surface area contributed by atoms with Crippen LogP contribution in [0.1, 0.15) is 142 Å². The molecule has 0 bridgehead atoms. The second-order valence-electron chi connectivity index (χ2n) is 17.1. The molecule has 0 fully saturated rings. The van der Waals surface area contributed by atoms with Crippen molar-refractivity contribution >= 4 is 18.5 Å². The van der Waals surface area contributed by atoms with Crippen molar-refractivity contribution in [3.8, 4) is 0 Å². The Balaban J connectivity index is 4.96. The van der Waals surface area contributed by atoms with E-state index in [0.29, 0.717) is 32.1 Å². The predicted octanol–water partition coefficient (Wildman–Crippen LogP) is 9.42. The van der Waals surface area contributed by atoms with Crippen molar-refractivity contribution in [2.75, 3.05) is 13.2 Å². The molecule has 12 heteroatoms. The van der Waals surface area contributed by atoms with E-state index in [-0.39, 0.29) is 35.9 Å². The first kappa shape index (κ1) is 42.7. The van der Waals surface area contributed by atoms with Crippen LogP contribution >= 0.6 is 0 Å². The average Bonchev–Trinajstić information content (AvgIpc) is 2.79. The number of unbranched alkanes of at least 4 members (excludes halogenated alkanes) is 1. The number of rotatable bonds is 17. The van der Waals surface area contributed by atoms with Gasteiger partial charge in [-0.1, -0.05) is 62.3 Å². The normalized spacial score (nSPS) is 13.9. The number of carbonyl (C=O) groups excluding carboxylic acids is 3. The van der Waals surface area contributed by atoms with E-state index < -0.39 is 41.4 Å². The van der Waals surface area contributed by atoms with Gasteiger partial charge in [-0.3, -0.25) is 14.7 Å². The zero-order valence-corrected chi connectivity index (χ0v) is 30.6. The second-order valence-corrected chi connectivity index (χ2v) is 17.1. The van der Waals surface area contributed by atoms with Crippen LogP contribution in [0.2, 0.25) is 0 Å². The van der Waals surface area contributed by atoms with E-state index in [1.165, 1.54) is 0 Å². The van der Waals surface area contributed by atoms with Crippen LogP contribution in [-0.4, -0.2) is 54.6 Å². The topological polar surface area (TPSA) is 134 Å². The van der Waals surface area contributed by atoms with Crippen molar-refractivity contribution < 1.29 is 57.9 Å². The third-order valence-electron chi connectivity index (χ3n) is 5.66. The quantitative estimate of drug-likeness (QED) is 0.0488. The minimum Gasteiger partial charge on any atom is -0.432 e. The molecule has 1 atom stereocenters. The van der Waals surface area contributed by atoms with E-state index in [1.54, 1.807) is 27.7 Å². The van der Waals surface area contributed by atoms with Gasteiger partial charge in [-0.25, -0.2) is 14.4 Å². The molecule has 0 saturated carbocycles. The van der Waals surface area contributed by atoms with Gasteiger partial charge in [0.05, 0.1) is 6.61 Å². The molecule has 0 saturated heterocycles. The first-order valence-electron chi connectivity index (χ1n) is 15.7. The van der Waals surface area contributed by atoms with E-state index in [2.05, 4.69) is 20.8 Å². The Labute approximate surface area is 271 Å². The van der Waals surface area contributed by atoms with Crippen molar-refractivity contribution in [2.45, 2.75) is 165 Å². The van der Waals surface area contributed by atoms with Crippen LogP contribution in [0.4, 0.5) is 14.4 Å². The van der Waals surface area contributed by atoms with Gasteiger partial charge in [0.15, 0.2) is 0 Å². The van der Waals surface area contributed by atoms with Gasteiger partial charge in [-0.2, -0.15) is 14.7 Å². The Morgan fingerprint density at radius 2 is 0.844 bits per heavy atom. The predicted molar refractivity (Wildman–Crippen MR) is 168 cm³/mol. The highest BCUT2D eigenvalue weighted by Gasteiger charge is 2.32. The third kappa shape index (κ3) is 25.6. The standard InChI is InChI=1S/C33H62O12/c1-28(2,3)21-31(10,11)43-40-25(34)37-19-17-16-18-24(39-27(36)42-45-33(14,15)23-30(7,8)9)20-38-26(35)41-44-32(12,13)22-29(4,5)6/h24H,16-23H2,1-15H3. The molecule has 12 nitrogen and oxygen atoms in total. The summed E-state index contributed by atoms with van der Waals surface area (Å²) >= 11 is 0. The second kappa shape index (κ2) is 17.6. The molecule has 0 aromatic rings. The lowest BCUT2D eigenvalue weighted by Gasteiger charge is -2.30. The maximum atomic E-state index is 12.5. The van der Waals surface area contributed by atoms with Crippen LogP contribution in [0, 0.1) is 16.2 Å².